The third-order valence-electron chi connectivity index (χ3n) is 4.37. The number of nitrogens with zero attached hydrogens (tertiary/aromatic N) is 1. The summed E-state index contributed by atoms with van der Waals surface area (Å²) >= 11 is 0. The van der Waals surface area contributed by atoms with Crippen LogP contribution in [0.2, 0.25) is 0 Å². The Morgan fingerprint density at radius 2 is 1.20 bits per heavy atom. The van der Waals surface area contributed by atoms with Crippen molar-refractivity contribution in [2.75, 3.05) is 26.2 Å². The van der Waals surface area contributed by atoms with Crippen molar-refractivity contribution in [1.29, 1.82) is 0 Å². The Morgan fingerprint density at radius 1 is 0.880 bits per heavy atom. The van der Waals surface area contributed by atoms with Crippen LogP contribution in [-0.2, 0) is 10.1 Å². The van der Waals surface area contributed by atoms with Gasteiger partial charge in [-0.25, -0.2) is 18.0 Å². The van der Waals surface area contributed by atoms with Gasteiger partial charge in [-0.1, -0.05) is 0 Å². The van der Waals surface area contributed by atoms with Crippen molar-refractivity contribution in [2.45, 2.75) is 32.6 Å². The molecule has 0 aliphatic rings. The number of aromatic carboxylic acids is 2. The van der Waals surface area contributed by atoms with E-state index in [9.17, 15) is 22.6 Å². The fourth-order valence-corrected chi connectivity index (χ4v) is 2.87. The summed E-state index contributed by atoms with van der Waals surface area (Å²) in [7, 11) is -4.89. The van der Waals surface area contributed by atoms with E-state index in [-0.39, 0.29) is 0 Å². The summed E-state index contributed by atoms with van der Waals surface area (Å²) in [6, 6.07) is 1.98. The minimum absolute atomic E-state index is 0.575. The molecule has 0 heterocycles. The monoisotopic (exact) mass is 375 g/mol. The van der Waals surface area contributed by atoms with E-state index in [1.165, 1.54) is 30.7 Å². The van der Waals surface area contributed by atoms with Crippen LogP contribution in [0.5, 0.6) is 0 Å². The molecule has 142 valence electrons. The summed E-state index contributed by atoms with van der Waals surface area (Å²) in [5.41, 5.74) is -1.15. The van der Waals surface area contributed by atoms with E-state index in [1.807, 2.05) is 0 Å². The van der Waals surface area contributed by atoms with Gasteiger partial charge in [-0.2, -0.15) is 0 Å². The van der Waals surface area contributed by atoms with Crippen molar-refractivity contribution >= 4 is 22.1 Å². The highest BCUT2D eigenvalue weighted by Crippen LogP contribution is 2.15. The summed E-state index contributed by atoms with van der Waals surface area (Å²) in [6.07, 6.45) is 0. The van der Waals surface area contributed by atoms with Crippen molar-refractivity contribution in [3.05, 3.63) is 29.3 Å². The Bertz CT molecular complexity index is 659. The number of rotatable bonds is 7. The maximum absolute atomic E-state index is 10.6. The van der Waals surface area contributed by atoms with E-state index in [0.29, 0.717) is 12.1 Å². The van der Waals surface area contributed by atoms with Crippen LogP contribution in [0.15, 0.2) is 23.1 Å². The van der Waals surface area contributed by atoms with Crippen molar-refractivity contribution in [2.24, 2.45) is 0 Å². The lowest BCUT2D eigenvalue weighted by Gasteiger charge is -2.34. The lowest BCUT2D eigenvalue weighted by Crippen LogP contribution is -2.47. The molecule has 0 atom stereocenters. The molecule has 0 aliphatic carbocycles. The molecule has 25 heavy (non-hydrogen) atoms. The summed E-state index contributed by atoms with van der Waals surface area (Å²) in [4.78, 5) is 20.2. The lowest BCUT2D eigenvalue weighted by atomic mass is 10.1. The van der Waals surface area contributed by atoms with Crippen LogP contribution in [0, 0.1) is 0 Å². The summed E-state index contributed by atoms with van der Waals surface area (Å²) < 4.78 is 33.2. The molecule has 0 spiro atoms. The van der Waals surface area contributed by atoms with Crippen LogP contribution in [0.25, 0.3) is 0 Å². The molecular formula is C16H25NO7S. The highest BCUT2D eigenvalue weighted by atomic mass is 32.2. The SMILES string of the molecule is CC[N+](CC)(CC)CC.O=C(O)c1cc(C(=O)O)cc(S(=O)(=O)[O-])c1. The van der Waals surface area contributed by atoms with Crippen LogP contribution in [0.1, 0.15) is 48.4 Å². The fourth-order valence-electron chi connectivity index (χ4n) is 2.33. The third-order valence-corrected chi connectivity index (χ3v) is 5.19. The largest absolute Gasteiger partial charge is 0.744 e. The van der Waals surface area contributed by atoms with E-state index in [0.717, 1.165) is 6.07 Å². The highest BCUT2D eigenvalue weighted by Gasteiger charge is 2.16. The number of carboxylic acids is 2. The third kappa shape index (κ3) is 6.81. The minimum atomic E-state index is -4.89. The topological polar surface area (TPSA) is 132 Å². The van der Waals surface area contributed by atoms with Crippen molar-refractivity contribution < 1.29 is 37.3 Å². The molecule has 0 radical (unpaired) electrons. The molecule has 0 bridgehead atoms. The number of benzene rings is 1. The molecule has 0 unspecified atom stereocenters. The maximum atomic E-state index is 10.6. The zero-order valence-electron chi connectivity index (χ0n) is 14.9. The first-order chi connectivity index (χ1) is 11.5. The molecule has 1 rings (SSSR count). The molecule has 1 aromatic carbocycles. The fraction of sp³-hybridized carbons (Fsp3) is 0.500. The first-order valence-corrected chi connectivity index (χ1v) is 9.29. The second kappa shape index (κ2) is 9.50. The molecule has 8 nitrogen and oxygen atoms in total. The molecule has 0 aromatic heterocycles. The van der Waals surface area contributed by atoms with Gasteiger partial charge in [-0.05, 0) is 45.9 Å². The predicted molar refractivity (Wildman–Crippen MR) is 90.7 cm³/mol. The first kappa shape index (κ1) is 23.0. The minimum Gasteiger partial charge on any atom is -0.744 e. The average Bonchev–Trinajstić information content (AvgIpc) is 2.57. The molecule has 0 amide bonds. The summed E-state index contributed by atoms with van der Waals surface area (Å²) in [5, 5.41) is 17.2. The van der Waals surface area contributed by atoms with Crippen molar-refractivity contribution in [1.82, 2.24) is 0 Å². The Labute approximate surface area is 148 Å². The summed E-state index contributed by atoms with van der Waals surface area (Å²) in [5.74, 6) is -3.04. The van der Waals surface area contributed by atoms with Crippen LogP contribution in [-0.4, -0.2) is 65.8 Å². The molecule has 9 heteroatoms. The van der Waals surface area contributed by atoms with Gasteiger partial charge in [0.1, 0.15) is 10.1 Å². The molecule has 2 N–H and O–H groups in total. The molecule has 0 fully saturated rings. The van der Waals surface area contributed by atoms with Gasteiger partial charge in [0.25, 0.3) is 0 Å². The van der Waals surface area contributed by atoms with Crippen LogP contribution < -0.4 is 0 Å². The smallest absolute Gasteiger partial charge is 0.335 e. The van der Waals surface area contributed by atoms with E-state index in [2.05, 4.69) is 27.7 Å². The van der Waals surface area contributed by atoms with E-state index >= 15 is 0 Å². The second-order valence-electron chi connectivity index (χ2n) is 5.42. The van der Waals surface area contributed by atoms with Crippen LogP contribution >= 0.6 is 0 Å². The lowest BCUT2D eigenvalue weighted by molar-refractivity contribution is -0.921. The Morgan fingerprint density at radius 3 is 1.36 bits per heavy atom. The number of quaternary nitrogens is 1. The second-order valence-corrected chi connectivity index (χ2v) is 6.80. The predicted octanol–water partition coefficient (Wildman–Crippen LogP) is 1.87. The van der Waals surface area contributed by atoms with E-state index in [4.69, 9.17) is 10.2 Å². The molecular weight excluding hydrogens is 350 g/mol. The van der Waals surface area contributed by atoms with Gasteiger partial charge >= 0.3 is 11.9 Å². The van der Waals surface area contributed by atoms with Gasteiger partial charge in [0.15, 0.2) is 0 Å². The standard InChI is InChI=1S/C8H20N.C8H6O7S/c1-5-9(6-2,7-3)8-4;9-7(10)4-1-5(8(11)12)3-6(2-4)16(13,14)15/h5-8H2,1-4H3;1-3H,(H,9,10)(H,11,12)(H,13,14,15)/q+1;/p-1. The highest BCUT2D eigenvalue weighted by molar-refractivity contribution is 7.85. The van der Waals surface area contributed by atoms with Crippen molar-refractivity contribution in [3.8, 4) is 0 Å². The maximum Gasteiger partial charge on any atom is 0.335 e. The van der Waals surface area contributed by atoms with Gasteiger partial charge in [0.05, 0.1) is 42.2 Å². The van der Waals surface area contributed by atoms with Gasteiger partial charge < -0.3 is 19.2 Å². The quantitative estimate of drug-likeness (QED) is 0.549. The number of carboxylic acid groups (broad SMARTS) is 2. The van der Waals surface area contributed by atoms with Crippen LogP contribution in [0.4, 0.5) is 0 Å². The molecule has 0 saturated heterocycles. The first-order valence-electron chi connectivity index (χ1n) is 7.88. The van der Waals surface area contributed by atoms with Gasteiger partial charge in [-0.15, -0.1) is 0 Å². The number of hydrogen-bond acceptors (Lipinski definition) is 5. The number of carbonyl (C=O) groups is 2. The van der Waals surface area contributed by atoms with E-state index in [1.54, 1.807) is 0 Å². The van der Waals surface area contributed by atoms with Crippen LogP contribution in [0.3, 0.4) is 0 Å². The normalized spacial score (nSPS) is 11.4. The van der Waals surface area contributed by atoms with Gasteiger partial charge in [0, 0.05) is 0 Å². The van der Waals surface area contributed by atoms with Gasteiger partial charge in [0.2, 0.25) is 0 Å². The molecule has 0 saturated carbocycles. The Hall–Kier alpha value is -1.97. The molecule has 1 aromatic rings. The average molecular weight is 375 g/mol. The van der Waals surface area contributed by atoms with Gasteiger partial charge in [-0.3, -0.25) is 0 Å². The zero-order valence-corrected chi connectivity index (χ0v) is 15.7. The molecule has 0 aliphatic heterocycles. The number of hydrogen-bond donors (Lipinski definition) is 2. The Balaban J connectivity index is 0.000000547. The van der Waals surface area contributed by atoms with Crippen molar-refractivity contribution in [3.63, 3.8) is 0 Å². The van der Waals surface area contributed by atoms with E-state index < -0.39 is 38.1 Å². The Kier molecular flexibility index (Phi) is 8.75. The zero-order chi connectivity index (χ0) is 19.8. The summed E-state index contributed by atoms with van der Waals surface area (Å²) in [6.45, 7) is 14.2.